The molecule has 34 heavy (non-hydrogen) atoms. The van der Waals surface area contributed by atoms with Gasteiger partial charge in [-0.15, -0.1) is 6.42 Å². The first kappa shape index (κ1) is 26.7. The van der Waals surface area contributed by atoms with Crippen LogP contribution in [0.25, 0.3) is 0 Å². The zero-order valence-corrected chi connectivity index (χ0v) is 19.8. The Kier molecular flexibility index (Phi) is 9.04. The van der Waals surface area contributed by atoms with E-state index < -0.39 is 54.7 Å². The highest BCUT2D eigenvalue weighted by Crippen LogP contribution is 2.36. The lowest BCUT2D eigenvalue weighted by Crippen LogP contribution is -2.55. The summed E-state index contributed by atoms with van der Waals surface area (Å²) in [5, 5.41) is 14.7. The fourth-order valence-electron chi connectivity index (χ4n) is 3.30. The van der Waals surface area contributed by atoms with Crippen molar-refractivity contribution >= 4 is 23.9 Å². The smallest absolute Gasteiger partial charge is 0.408 e. The van der Waals surface area contributed by atoms with Crippen molar-refractivity contribution in [1.29, 1.82) is 0 Å². The molecule has 10 heteroatoms. The van der Waals surface area contributed by atoms with Gasteiger partial charge < -0.3 is 30.1 Å². The van der Waals surface area contributed by atoms with Crippen LogP contribution in [-0.4, -0.2) is 71.8 Å². The lowest BCUT2D eigenvalue weighted by Gasteiger charge is -2.34. The van der Waals surface area contributed by atoms with Crippen molar-refractivity contribution in [2.45, 2.75) is 57.3 Å². The molecule has 1 aromatic carbocycles. The van der Waals surface area contributed by atoms with Crippen molar-refractivity contribution in [3.8, 4) is 12.3 Å². The fraction of sp³-hybridized carbons (Fsp3) is 0.500. The van der Waals surface area contributed by atoms with Crippen LogP contribution in [0.2, 0.25) is 0 Å². The molecule has 2 unspecified atom stereocenters. The highest BCUT2D eigenvalue weighted by atomic mass is 16.6. The highest BCUT2D eigenvalue weighted by molar-refractivity contribution is 5.94. The largest absolute Gasteiger partial charge is 0.468 e. The van der Waals surface area contributed by atoms with E-state index in [1.54, 1.807) is 45.0 Å². The number of benzene rings is 1. The second kappa shape index (κ2) is 11.5. The van der Waals surface area contributed by atoms with Gasteiger partial charge in [0.2, 0.25) is 11.8 Å². The number of rotatable bonds is 9. The number of hydrogen-bond acceptors (Lipinski definition) is 7. The summed E-state index contributed by atoms with van der Waals surface area (Å²) in [4.78, 5) is 52.0. The molecule has 0 spiro atoms. The highest BCUT2D eigenvalue weighted by Gasteiger charge is 2.44. The SMILES string of the molecule is C#Cc1ccccc1C(C(=O)NCC(=O)OC)N(C(=O)C(CO)NC(=O)OC(C)(C)C)C1CC1. The van der Waals surface area contributed by atoms with Crippen LogP contribution in [0.5, 0.6) is 0 Å². The van der Waals surface area contributed by atoms with Crippen molar-refractivity contribution in [2.75, 3.05) is 20.3 Å². The first-order valence-corrected chi connectivity index (χ1v) is 10.8. The van der Waals surface area contributed by atoms with Gasteiger partial charge in [-0.2, -0.15) is 0 Å². The number of aliphatic hydroxyl groups excluding tert-OH is 1. The first-order chi connectivity index (χ1) is 16.0. The number of aliphatic hydroxyl groups is 1. The average Bonchev–Trinajstić information content (AvgIpc) is 3.62. The molecular formula is C24H31N3O7. The van der Waals surface area contributed by atoms with E-state index in [1.165, 1.54) is 12.0 Å². The first-order valence-electron chi connectivity index (χ1n) is 10.8. The maximum Gasteiger partial charge on any atom is 0.408 e. The molecule has 1 aliphatic carbocycles. The number of carbonyl (C=O) groups is 4. The summed E-state index contributed by atoms with van der Waals surface area (Å²) in [5.41, 5.74) is -0.0490. The molecule has 1 fully saturated rings. The normalized spacial score (nSPS) is 14.7. The monoisotopic (exact) mass is 473 g/mol. The quantitative estimate of drug-likeness (QED) is 0.358. The predicted octanol–water partition coefficient (Wildman–Crippen LogP) is 0.875. The standard InChI is InChI=1S/C24H31N3O7/c1-6-15-9-7-8-10-17(15)20(21(30)25-13-19(29)33-5)27(16-11-12-16)22(31)18(14-28)26-23(32)34-24(2,3)4/h1,7-10,16,18,20,28H,11-14H2,2-5H3,(H,25,30)(H,26,32). The molecule has 0 saturated heterocycles. The number of hydrogen-bond donors (Lipinski definition) is 3. The molecule has 0 radical (unpaired) electrons. The third-order valence-electron chi connectivity index (χ3n) is 4.94. The number of amides is 3. The van der Waals surface area contributed by atoms with Gasteiger partial charge in [0.1, 0.15) is 24.2 Å². The van der Waals surface area contributed by atoms with E-state index in [9.17, 15) is 24.3 Å². The van der Waals surface area contributed by atoms with Gasteiger partial charge in [0.25, 0.3) is 0 Å². The second-order valence-electron chi connectivity index (χ2n) is 8.79. The Hall–Kier alpha value is -3.58. The number of methoxy groups -OCH3 is 1. The van der Waals surface area contributed by atoms with Gasteiger partial charge in [0, 0.05) is 11.6 Å². The lowest BCUT2D eigenvalue weighted by molar-refractivity contribution is -0.145. The van der Waals surface area contributed by atoms with Crippen LogP contribution in [0.4, 0.5) is 4.79 Å². The van der Waals surface area contributed by atoms with Crippen LogP contribution in [0, 0.1) is 12.3 Å². The van der Waals surface area contributed by atoms with Gasteiger partial charge in [0.05, 0.1) is 13.7 Å². The minimum Gasteiger partial charge on any atom is -0.468 e. The van der Waals surface area contributed by atoms with E-state index in [0.717, 1.165) is 0 Å². The van der Waals surface area contributed by atoms with Gasteiger partial charge in [0.15, 0.2) is 0 Å². The fourth-order valence-corrected chi connectivity index (χ4v) is 3.30. The third kappa shape index (κ3) is 7.22. The Morgan fingerprint density at radius 3 is 2.41 bits per heavy atom. The number of ether oxygens (including phenoxy) is 2. The average molecular weight is 474 g/mol. The van der Waals surface area contributed by atoms with E-state index in [4.69, 9.17) is 11.2 Å². The summed E-state index contributed by atoms with van der Waals surface area (Å²) in [7, 11) is 1.19. The number of carbonyl (C=O) groups excluding carboxylic acids is 4. The molecule has 0 bridgehead atoms. The Balaban J connectivity index is 2.42. The van der Waals surface area contributed by atoms with E-state index in [0.29, 0.717) is 24.0 Å². The summed E-state index contributed by atoms with van der Waals surface area (Å²) in [6.07, 6.45) is 6.00. The Labute approximate surface area is 199 Å². The summed E-state index contributed by atoms with van der Waals surface area (Å²) >= 11 is 0. The van der Waals surface area contributed by atoms with Crippen molar-refractivity contribution in [3.05, 3.63) is 35.4 Å². The Morgan fingerprint density at radius 1 is 1.24 bits per heavy atom. The van der Waals surface area contributed by atoms with E-state index in [2.05, 4.69) is 21.3 Å². The molecule has 3 N–H and O–H groups in total. The predicted molar refractivity (Wildman–Crippen MR) is 122 cm³/mol. The molecule has 3 amide bonds. The summed E-state index contributed by atoms with van der Waals surface area (Å²) in [5.74, 6) is 0.517. The Morgan fingerprint density at radius 2 is 1.88 bits per heavy atom. The van der Waals surface area contributed by atoms with Gasteiger partial charge in [-0.1, -0.05) is 24.1 Å². The number of alkyl carbamates (subject to hydrolysis) is 1. The van der Waals surface area contributed by atoms with Crippen LogP contribution in [0.1, 0.15) is 50.8 Å². The molecule has 0 heterocycles. The Bertz CT molecular complexity index is 960. The zero-order chi connectivity index (χ0) is 25.5. The second-order valence-corrected chi connectivity index (χ2v) is 8.79. The molecule has 184 valence electrons. The van der Waals surface area contributed by atoms with Crippen LogP contribution < -0.4 is 10.6 Å². The van der Waals surface area contributed by atoms with Crippen LogP contribution in [0.3, 0.4) is 0 Å². The number of terminal acetylenes is 1. The van der Waals surface area contributed by atoms with Gasteiger partial charge >= 0.3 is 12.1 Å². The minimum absolute atomic E-state index is 0.318. The molecule has 1 aliphatic rings. The number of nitrogens with zero attached hydrogens (tertiary/aromatic N) is 1. The summed E-state index contributed by atoms with van der Waals surface area (Å²) in [6.45, 7) is 3.87. The third-order valence-corrected chi connectivity index (χ3v) is 4.94. The van der Waals surface area contributed by atoms with Crippen molar-refractivity contribution in [1.82, 2.24) is 15.5 Å². The van der Waals surface area contributed by atoms with Crippen LogP contribution >= 0.6 is 0 Å². The molecule has 0 aliphatic heterocycles. The maximum absolute atomic E-state index is 13.5. The molecule has 0 aromatic heterocycles. The molecule has 2 rings (SSSR count). The summed E-state index contributed by atoms with van der Waals surface area (Å²) < 4.78 is 9.77. The van der Waals surface area contributed by atoms with E-state index >= 15 is 0 Å². The van der Waals surface area contributed by atoms with Crippen LogP contribution in [-0.2, 0) is 23.9 Å². The molecule has 10 nitrogen and oxygen atoms in total. The molecule has 1 aromatic rings. The molecule has 2 atom stereocenters. The topological polar surface area (TPSA) is 134 Å². The lowest BCUT2D eigenvalue weighted by atomic mass is 9.97. The van der Waals surface area contributed by atoms with Gasteiger partial charge in [-0.05, 0) is 45.2 Å². The van der Waals surface area contributed by atoms with Crippen molar-refractivity contribution in [2.24, 2.45) is 0 Å². The number of esters is 1. The number of nitrogens with one attached hydrogen (secondary N) is 2. The van der Waals surface area contributed by atoms with Gasteiger partial charge in [-0.3, -0.25) is 14.4 Å². The summed E-state index contributed by atoms with van der Waals surface area (Å²) in [6, 6.07) is 3.75. The zero-order valence-electron chi connectivity index (χ0n) is 19.8. The van der Waals surface area contributed by atoms with E-state index in [1.807, 2.05) is 0 Å². The van der Waals surface area contributed by atoms with Gasteiger partial charge in [-0.25, -0.2) is 4.79 Å². The maximum atomic E-state index is 13.5. The van der Waals surface area contributed by atoms with Crippen LogP contribution in [0.15, 0.2) is 24.3 Å². The minimum atomic E-state index is -1.36. The van der Waals surface area contributed by atoms with E-state index in [-0.39, 0.29) is 6.04 Å². The molecular weight excluding hydrogens is 442 g/mol. The molecule has 1 saturated carbocycles. The van der Waals surface area contributed by atoms with Crippen molar-refractivity contribution < 1.29 is 33.8 Å². The van der Waals surface area contributed by atoms with Crippen molar-refractivity contribution in [3.63, 3.8) is 0 Å².